The van der Waals surface area contributed by atoms with E-state index in [1.807, 2.05) is 59.5 Å². The third-order valence-electron chi connectivity index (χ3n) is 5.46. The molecule has 1 amide bonds. The molecule has 0 atom stereocenters. The predicted molar refractivity (Wildman–Crippen MR) is 121 cm³/mol. The predicted octanol–water partition coefficient (Wildman–Crippen LogP) is 6.33. The van der Waals surface area contributed by atoms with E-state index < -0.39 is 0 Å². The highest BCUT2D eigenvalue weighted by Crippen LogP contribution is 2.46. The van der Waals surface area contributed by atoms with Crippen LogP contribution in [0.5, 0.6) is 0 Å². The summed E-state index contributed by atoms with van der Waals surface area (Å²) in [6, 6.07) is 21.3. The van der Waals surface area contributed by atoms with Crippen LogP contribution in [0.25, 0.3) is 22.8 Å². The van der Waals surface area contributed by atoms with Crippen LogP contribution in [-0.2, 0) is 0 Å². The molecule has 152 valence electrons. The van der Waals surface area contributed by atoms with Gasteiger partial charge in [-0.05, 0) is 67.4 Å². The van der Waals surface area contributed by atoms with Crippen molar-refractivity contribution in [2.24, 2.45) is 0 Å². The summed E-state index contributed by atoms with van der Waals surface area (Å²) in [7, 11) is 0. The number of halogens is 1. The molecule has 0 unspecified atom stereocenters. The van der Waals surface area contributed by atoms with Crippen molar-refractivity contribution in [1.82, 2.24) is 10.1 Å². The van der Waals surface area contributed by atoms with Gasteiger partial charge < -0.3 is 9.42 Å². The molecule has 0 saturated heterocycles. The maximum atomic E-state index is 13.3. The van der Waals surface area contributed by atoms with E-state index in [1.165, 1.54) is 0 Å². The van der Waals surface area contributed by atoms with E-state index in [0.29, 0.717) is 16.7 Å². The van der Waals surface area contributed by atoms with Gasteiger partial charge in [-0.2, -0.15) is 4.98 Å². The molecule has 2 heterocycles. The Morgan fingerprint density at radius 1 is 0.968 bits per heavy atom. The second-order valence-electron chi connectivity index (χ2n) is 7.62. The lowest BCUT2D eigenvalue weighted by Gasteiger charge is -2.22. The first-order valence-corrected chi connectivity index (χ1v) is 11.2. The van der Waals surface area contributed by atoms with E-state index in [2.05, 4.69) is 10.1 Å². The highest BCUT2D eigenvalue weighted by atomic mass is 35.5. The third kappa shape index (κ3) is 3.32. The molecule has 0 bridgehead atoms. The van der Waals surface area contributed by atoms with Crippen LogP contribution in [0, 0.1) is 0 Å². The largest absolute Gasteiger partial charge is 0.334 e. The number of amides is 1. The Morgan fingerprint density at radius 2 is 1.74 bits per heavy atom. The maximum absolute atomic E-state index is 13.3. The molecule has 1 aliphatic heterocycles. The van der Waals surface area contributed by atoms with Gasteiger partial charge in [-0.3, -0.25) is 4.79 Å². The summed E-state index contributed by atoms with van der Waals surface area (Å²) < 4.78 is 5.48. The summed E-state index contributed by atoms with van der Waals surface area (Å²) in [6.45, 7) is 0. The Morgan fingerprint density at radius 3 is 2.55 bits per heavy atom. The summed E-state index contributed by atoms with van der Waals surface area (Å²) >= 11 is 7.58. The van der Waals surface area contributed by atoms with E-state index in [9.17, 15) is 4.79 Å². The van der Waals surface area contributed by atoms with E-state index in [1.54, 1.807) is 23.9 Å². The van der Waals surface area contributed by atoms with Gasteiger partial charge in [-0.15, -0.1) is 0 Å². The first kappa shape index (κ1) is 18.7. The van der Waals surface area contributed by atoms with Crippen molar-refractivity contribution >= 4 is 35.0 Å². The molecule has 1 aromatic heterocycles. The van der Waals surface area contributed by atoms with Crippen LogP contribution in [0.15, 0.2) is 81.0 Å². The summed E-state index contributed by atoms with van der Waals surface area (Å²) in [5.41, 5.74) is 3.35. The molecule has 1 saturated carbocycles. The number of rotatable bonds is 3. The number of carbonyl (C=O) groups is 1. The van der Waals surface area contributed by atoms with Gasteiger partial charge in [0, 0.05) is 32.0 Å². The van der Waals surface area contributed by atoms with E-state index >= 15 is 0 Å². The Balaban J connectivity index is 1.42. The number of anilines is 1. The van der Waals surface area contributed by atoms with Crippen LogP contribution in [0.3, 0.4) is 0 Å². The lowest BCUT2D eigenvalue weighted by Crippen LogP contribution is -2.32. The van der Waals surface area contributed by atoms with Gasteiger partial charge >= 0.3 is 0 Å². The van der Waals surface area contributed by atoms with Crippen LogP contribution < -0.4 is 4.90 Å². The van der Waals surface area contributed by atoms with Crippen molar-refractivity contribution in [3.05, 3.63) is 77.3 Å². The number of benzene rings is 3. The highest BCUT2D eigenvalue weighted by molar-refractivity contribution is 7.99. The SMILES string of the molecule is O=C1c2ccccc2Sc2cc(-c3noc(-c4ccc(Cl)cc4)n3)ccc2N1C1CC1. The van der Waals surface area contributed by atoms with Crippen molar-refractivity contribution in [2.75, 3.05) is 4.90 Å². The molecule has 1 aliphatic carbocycles. The van der Waals surface area contributed by atoms with Gasteiger partial charge in [0.25, 0.3) is 11.8 Å². The van der Waals surface area contributed by atoms with Crippen molar-refractivity contribution in [2.45, 2.75) is 28.7 Å². The molecule has 0 radical (unpaired) electrons. The Bertz CT molecular complexity index is 1310. The Labute approximate surface area is 188 Å². The number of carbonyl (C=O) groups excluding carboxylic acids is 1. The molecule has 2 aliphatic rings. The minimum absolute atomic E-state index is 0.0710. The fraction of sp³-hybridized carbons (Fsp3) is 0.125. The first-order chi connectivity index (χ1) is 15.2. The average molecular weight is 446 g/mol. The fourth-order valence-electron chi connectivity index (χ4n) is 3.77. The van der Waals surface area contributed by atoms with E-state index in [4.69, 9.17) is 16.1 Å². The van der Waals surface area contributed by atoms with E-state index in [0.717, 1.165) is 45.0 Å². The zero-order chi connectivity index (χ0) is 20.9. The normalized spacial score (nSPS) is 15.4. The quantitative estimate of drug-likeness (QED) is 0.368. The van der Waals surface area contributed by atoms with Crippen LogP contribution in [0.2, 0.25) is 5.02 Å². The van der Waals surface area contributed by atoms with Gasteiger partial charge in [0.15, 0.2) is 0 Å². The number of aromatic nitrogens is 2. The Hall–Kier alpha value is -3.09. The zero-order valence-corrected chi connectivity index (χ0v) is 17.9. The monoisotopic (exact) mass is 445 g/mol. The molecule has 1 fully saturated rings. The minimum atomic E-state index is 0.0710. The van der Waals surface area contributed by atoms with Crippen LogP contribution in [-0.4, -0.2) is 22.1 Å². The summed E-state index contributed by atoms with van der Waals surface area (Å²) in [4.78, 5) is 21.8. The Kier molecular flexibility index (Phi) is 4.37. The van der Waals surface area contributed by atoms with Gasteiger partial charge in [-0.25, -0.2) is 0 Å². The topological polar surface area (TPSA) is 59.2 Å². The van der Waals surface area contributed by atoms with Crippen LogP contribution >= 0.6 is 23.4 Å². The standard InChI is InChI=1S/C24H16ClN3O2S/c25-16-8-5-14(6-9-16)23-26-22(27-30-23)15-7-12-19-21(13-15)31-20-4-2-1-3-18(20)24(29)28(19)17-10-11-17/h1-9,12-13,17H,10-11H2. The van der Waals surface area contributed by atoms with Gasteiger partial charge in [-0.1, -0.05) is 40.7 Å². The fourth-order valence-corrected chi connectivity index (χ4v) is 5.00. The minimum Gasteiger partial charge on any atom is -0.334 e. The molecule has 3 aromatic carbocycles. The molecular weight excluding hydrogens is 430 g/mol. The molecule has 31 heavy (non-hydrogen) atoms. The van der Waals surface area contributed by atoms with Crippen molar-refractivity contribution in [3.63, 3.8) is 0 Å². The van der Waals surface area contributed by atoms with Gasteiger partial charge in [0.1, 0.15) is 0 Å². The molecule has 6 rings (SSSR count). The zero-order valence-electron chi connectivity index (χ0n) is 16.3. The van der Waals surface area contributed by atoms with Crippen molar-refractivity contribution < 1.29 is 9.32 Å². The number of nitrogens with zero attached hydrogens (tertiary/aromatic N) is 3. The maximum Gasteiger partial charge on any atom is 0.259 e. The van der Waals surface area contributed by atoms with Gasteiger partial charge in [0.05, 0.1) is 11.3 Å². The van der Waals surface area contributed by atoms with E-state index in [-0.39, 0.29) is 11.9 Å². The number of hydrogen-bond donors (Lipinski definition) is 0. The average Bonchev–Trinajstić information content (AvgIpc) is 3.52. The third-order valence-corrected chi connectivity index (χ3v) is 6.84. The smallest absolute Gasteiger partial charge is 0.259 e. The van der Waals surface area contributed by atoms with Crippen molar-refractivity contribution in [3.8, 4) is 22.8 Å². The molecule has 0 spiro atoms. The molecule has 4 aromatic rings. The first-order valence-electron chi connectivity index (χ1n) is 10.0. The van der Waals surface area contributed by atoms with Crippen LogP contribution in [0.1, 0.15) is 23.2 Å². The number of hydrogen-bond acceptors (Lipinski definition) is 5. The summed E-state index contributed by atoms with van der Waals surface area (Å²) in [5.74, 6) is 1.02. The second-order valence-corrected chi connectivity index (χ2v) is 9.14. The molecule has 7 heteroatoms. The van der Waals surface area contributed by atoms with Crippen molar-refractivity contribution in [1.29, 1.82) is 0 Å². The lowest BCUT2D eigenvalue weighted by molar-refractivity contribution is 0.0982. The van der Waals surface area contributed by atoms with Crippen LogP contribution in [0.4, 0.5) is 5.69 Å². The second kappa shape index (κ2) is 7.25. The van der Waals surface area contributed by atoms with Gasteiger partial charge in [0.2, 0.25) is 5.82 Å². The summed E-state index contributed by atoms with van der Waals surface area (Å²) in [6.07, 6.45) is 2.07. The highest BCUT2D eigenvalue weighted by Gasteiger charge is 2.38. The molecule has 5 nitrogen and oxygen atoms in total. The molecular formula is C24H16ClN3O2S. The molecule has 0 N–H and O–H groups in total. The number of fused-ring (bicyclic) bond motifs is 2. The lowest BCUT2D eigenvalue weighted by atomic mass is 10.1. The summed E-state index contributed by atoms with van der Waals surface area (Å²) in [5, 5.41) is 4.83.